The molecule has 0 atom stereocenters. The number of carboxylic acids is 1. The van der Waals surface area contributed by atoms with Gasteiger partial charge in [0.25, 0.3) is 0 Å². The number of anilines is 1. The van der Waals surface area contributed by atoms with Crippen molar-refractivity contribution in [1.82, 2.24) is 15.2 Å². The van der Waals surface area contributed by atoms with Gasteiger partial charge in [0.15, 0.2) is 0 Å². The van der Waals surface area contributed by atoms with Gasteiger partial charge in [-0.1, -0.05) is 13.0 Å². The van der Waals surface area contributed by atoms with Crippen LogP contribution in [0.25, 0.3) is 10.1 Å². The molecule has 11 heteroatoms. The average molecular weight is 497 g/mol. The second-order valence-corrected chi connectivity index (χ2v) is 8.92. The van der Waals surface area contributed by atoms with Gasteiger partial charge >= 0.3 is 12.1 Å². The number of fused-ring (bicyclic) bond motifs is 1. The first-order valence-corrected chi connectivity index (χ1v) is 11.6. The van der Waals surface area contributed by atoms with E-state index in [9.17, 15) is 18.3 Å². The highest BCUT2D eigenvalue weighted by Gasteiger charge is 2.38. The van der Waals surface area contributed by atoms with E-state index in [1.54, 1.807) is 17.4 Å². The number of nitrogens with zero attached hydrogens (tertiary/aromatic N) is 3. The Balaban J connectivity index is 0.000000406. The summed E-state index contributed by atoms with van der Waals surface area (Å²) in [5.41, 5.74) is 1.25. The normalized spacial score (nSPS) is 14.6. The Morgan fingerprint density at radius 1 is 1.15 bits per heavy atom. The number of carboxylic acid groups (broad SMARTS) is 1. The number of phenols is 1. The summed E-state index contributed by atoms with van der Waals surface area (Å²) in [4.78, 5) is 19.6. The Morgan fingerprint density at radius 2 is 1.85 bits per heavy atom. The van der Waals surface area contributed by atoms with E-state index in [4.69, 9.17) is 9.90 Å². The molecule has 3 N–H and O–H groups in total. The van der Waals surface area contributed by atoms with Crippen molar-refractivity contribution in [3.63, 3.8) is 0 Å². The number of benzene rings is 1. The van der Waals surface area contributed by atoms with E-state index in [1.807, 2.05) is 12.3 Å². The van der Waals surface area contributed by atoms with E-state index in [-0.39, 0.29) is 0 Å². The van der Waals surface area contributed by atoms with Crippen molar-refractivity contribution in [2.24, 2.45) is 0 Å². The molecule has 0 radical (unpaired) electrons. The number of likely N-dealkylation sites (N-methyl/N-ethyl adjacent to an activating group) is 1. The average Bonchev–Trinajstić information content (AvgIpc) is 3.23. The lowest BCUT2D eigenvalue weighted by Gasteiger charge is -2.34. The molecule has 0 unspecified atom stereocenters. The molecule has 1 aromatic carbocycles. The molecule has 0 saturated carbocycles. The highest BCUT2D eigenvalue weighted by Crippen LogP contribution is 2.31. The van der Waals surface area contributed by atoms with E-state index in [0.717, 1.165) is 61.7 Å². The molecule has 4 rings (SSSR count). The molecule has 184 valence electrons. The molecule has 1 saturated heterocycles. The molecule has 0 spiro atoms. The van der Waals surface area contributed by atoms with Gasteiger partial charge in [0.2, 0.25) is 0 Å². The number of pyridine rings is 1. The molecule has 1 fully saturated rings. The summed E-state index contributed by atoms with van der Waals surface area (Å²) in [6, 6.07) is 12.0. The number of alkyl halides is 3. The topological polar surface area (TPSA) is 88.9 Å². The minimum atomic E-state index is -5.08. The van der Waals surface area contributed by atoms with E-state index < -0.39 is 12.1 Å². The van der Waals surface area contributed by atoms with Gasteiger partial charge in [-0.15, -0.1) is 11.3 Å². The number of piperazine rings is 1. The number of aromatic nitrogens is 1. The number of nitrogens with one attached hydrogen (secondary N) is 1. The van der Waals surface area contributed by atoms with Crippen LogP contribution in [-0.4, -0.2) is 65.0 Å². The molecule has 34 heavy (non-hydrogen) atoms. The van der Waals surface area contributed by atoms with Crippen LogP contribution in [0.5, 0.6) is 5.75 Å². The quantitative estimate of drug-likeness (QED) is 0.474. The number of thiophene rings is 1. The molecule has 3 heterocycles. The van der Waals surface area contributed by atoms with E-state index >= 15 is 0 Å². The zero-order valence-electron chi connectivity index (χ0n) is 18.7. The standard InChI is InChI=1S/C21H26N4OS.C2HF3O2/c1-2-24-8-10-25(11-9-24)21-12-16(6-7-23-21)14-22-15-17-13-18-19(26)4-3-5-20(18)27-17;3-2(4,5)1(6)7/h3-7,12-13,22,26H,2,8-11,14-15H2,1H3;(H,6,7). The molecular weight excluding hydrogens is 469 g/mol. The van der Waals surface area contributed by atoms with Gasteiger partial charge < -0.3 is 25.3 Å². The predicted octanol–water partition coefficient (Wildman–Crippen LogP) is 4.07. The lowest BCUT2D eigenvalue weighted by molar-refractivity contribution is -0.192. The van der Waals surface area contributed by atoms with Crippen LogP contribution in [0.2, 0.25) is 0 Å². The summed E-state index contributed by atoms with van der Waals surface area (Å²) in [6.45, 7) is 9.26. The van der Waals surface area contributed by atoms with Gasteiger partial charge in [0.1, 0.15) is 11.6 Å². The van der Waals surface area contributed by atoms with Crippen molar-refractivity contribution in [3.05, 3.63) is 53.0 Å². The molecule has 0 aliphatic carbocycles. The predicted molar refractivity (Wildman–Crippen MR) is 126 cm³/mol. The maximum Gasteiger partial charge on any atom is 0.490 e. The van der Waals surface area contributed by atoms with Crippen LogP contribution in [0, 0.1) is 0 Å². The van der Waals surface area contributed by atoms with Gasteiger partial charge in [-0.2, -0.15) is 13.2 Å². The van der Waals surface area contributed by atoms with E-state index in [2.05, 4.69) is 51.3 Å². The number of phenolic OH excluding ortho intramolecular Hbond substituents is 1. The van der Waals surface area contributed by atoms with Crippen molar-refractivity contribution in [2.45, 2.75) is 26.2 Å². The fraction of sp³-hybridized carbons (Fsp3) is 0.391. The summed E-state index contributed by atoms with van der Waals surface area (Å²) in [5, 5.41) is 21.5. The van der Waals surface area contributed by atoms with Crippen LogP contribution in [-0.2, 0) is 17.9 Å². The largest absolute Gasteiger partial charge is 0.507 e. The van der Waals surface area contributed by atoms with Crippen molar-refractivity contribution in [2.75, 3.05) is 37.6 Å². The first-order valence-electron chi connectivity index (χ1n) is 10.8. The Morgan fingerprint density at radius 3 is 2.47 bits per heavy atom. The van der Waals surface area contributed by atoms with Gasteiger partial charge in [-0.25, -0.2) is 9.78 Å². The van der Waals surface area contributed by atoms with Crippen molar-refractivity contribution in [3.8, 4) is 5.75 Å². The van der Waals surface area contributed by atoms with Crippen LogP contribution in [0.15, 0.2) is 42.6 Å². The second-order valence-electron chi connectivity index (χ2n) is 7.75. The lowest BCUT2D eigenvalue weighted by atomic mass is 10.2. The van der Waals surface area contributed by atoms with E-state index in [0.29, 0.717) is 5.75 Å². The highest BCUT2D eigenvalue weighted by atomic mass is 32.1. The summed E-state index contributed by atoms with van der Waals surface area (Å²) < 4.78 is 32.9. The van der Waals surface area contributed by atoms with E-state index in [1.165, 1.54) is 10.4 Å². The van der Waals surface area contributed by atoms with Gasteiger partial charge in [0, 0.05) is 60.4 Å². The Labute approximate surface area is 199 Å². The zero-order chi connectivity index (χ0) is 24.7. The maximum atomic E-state index is 10.6. The molecule has 1 aliphatic heterocycles. The summed E-state index contributed by atoms with van der Waals surface area (Å²) in [5.74, 6) is -1.32. The summed E-state index contributed by atoms with van der Waals surface area (Å²) >= 11 is 1.73. The van der Waals surface area contributed by atoms with Crippen LogP contribution in [0.4, 0.5) is 19.0 Å². The highest BCUT2D eigenvalue weighted by molar-refractivity contribution is 7.19. The fourth-order valence-electron chi connectivity index (χ4n) is 3.55. The molecule has 0 bridgehead atoms. The third-order valence-electron chi connectivity index (χ3n) is 5.41. The maximum absolute atomic E-state index is 10.6. The Hall–Kier alpha value is -2.89. The first-order chi connectivity index (χ1) is 16.2. The molecule has 1 aliphatic rings. The Kier molecular flexibility index (Phi) is 8.70. The smallest absolute Gasteiger partial charge is 0.490 e. The van der Waals surface area contributed by atoms with Crippen LogP contribution in [0.1, 0.15) is 17.4 Å². The molecular formula is C23H27F3N4O3S. The third-order valence-corrected chi connectivity index (χ3v) is 6.51. The number of carbonyl (C=O) groups is 1. The number of aromatic hydroxyl groups is 1. The number of halogens is 3. The monoisotopic (exact) mass is 496 g/mol. The van der Waals surface area contributed by atoms with Crippen LogP contribution < -0.4 is 10.2 Å². The summed E-state index contributed by atoms with van der Waals surface area (Å²) in [7, 11) is 0. The van der Waals surface area contributed by atoms with Crippen molar-refractivity contribution < 1.29 is 28.2 Å². The van der Waals surface area contributed by atoms with Gasteiger partial charge in [-0.3, -0.25) is 0 Å². The number of rotatable bonds is 6. The van der Waals surface area contributed by atoms with Crippen LogP contribution >= 0.6 is 11.3 Å². The molecule has 3 aromatic rings. The number of aliphatic carboxylic acids is 1. The third kappa shape index (κ3) is 7.05. The second kappa shape index (κ2) is 11.5. The van der Waals surface area contributed by atoms with Gasteiger partial charge in [-0.05, 0) is 42.4 Å². The molecule has 0 amide bonds. The van der Waals surface area contributed by atoms with Crippen molar-refractivity contribution >= 4 is 33.2 Å². The molecule has 2 aromatic heterocycles. The minimum Gasteiger partial charge on any atom is -0.507 e. The minimum absolute atomic E-state index is 0.358. The lowest BCUT2D eigenvalue weighted by Crippen LogP contribution is -2.46. The SMILES string of the molecule is CCN1CCN(c2cc(CNCc3cc4c(O)cccc4s3)ccn2)CC1.O=C(O)C(F)(F)F. The summed E-state index contributed by atoms with van der Waals surface area (Å²) in [6.07, 6.45) is -3.17. The van der Waals surface area contributed by atoms with Crippen molar-refractivity contribution in [1.29, 1.82) is 0 Å². The zero-order valence-corrected chi connectivity index (χ0v) is 19.5. The fourth-order valence-corrected chi connectivity index (χ4v) is 4.61. The number of hydrogen-bond donors (Lipinski definition) is 3. The van der Waals surface area contributed by atoms with Crippen LogP contribution in [0.3, 0.4) is 0 Å². The van der Waals surface area contributed by atoms with Gasteiger partial charge in [0.05, 0.1) is 0 Å². The molecule has 7 nitrogen and oxygen atoms in total. The first kappa shape index (κ1) is 25.7. The Bertz CT molecular complexity index is 1100. The number of hydrogen-bond acceptors (Lipinski definition) is 7.